The van der Waals surface area contributed by atoms with Gasteiger partial charge in [-0.1, -0.05) is 20.8 Å². The molecule has 1 heterocycles. The number of carboxylic acid groups (broad SMARTS) is 1. The normalized spacial score (nSPS) is 22.9. The number of rotatable bonds is 7. The predicted octanol–water partition coefficient (Wildman–Crippen LogP) is 2.34. The molecule has 0 saturated carbocycles. The van der Waals surface area contributed by atoms with Crippen LogP contribution in [0.2, 0.25) is 0 Å². The summed E-state index contributed by atoms with van der Waals surface area (Å²) in [5, 5.41) is 12.4. The summed E-state index contributed by atoms with van der Waals surface area (Å²) in [5.41, 5.74) is -0.332. The fraction of sp³-hybridized carbons (Fsp3) is 0.933. The molecule has 0 amide bonds. The van der Waals surface area contributed by atoms with Crippen molar-refractivity contribution >= 4 is 5.97 Å². The molecule has 4 heteroatoms. The van der Waals surface area contributed by atoms with Crippen molar-refractivity contribution in [1.82, 2.24) is 10.2 Å². The van der Waals surface area contributed by atoms with Crippen molar-refractivity contribution in [3.05, 3.63) is 0 Å². The fourth-order valence-electron chi connectivity index (χ4n) is 3.18. The van der Waals surface area contributed by atoms with Crippen molar-refractivity contribution in [2.45, 2.75) is 58.4 Å². The van der Waals surface area contributed by atoms with Crippen molar-refractivity contribution in [3.63, 3.8) is 0 Å². The maximum absolute atomic E-state index is 11.4. The van der Waals surface area contributed by atoms with Crippen LogP contribution in [0.15, 0.2) is 0 Å². The van der Waals surface area contributed by atoms with Crippen molar-refractivity contribution in [1.29, 1.82) is 0 Å². The number of likely N-dealkylation sites (N-methyl/N-ethyl adjacent to an activating group) is 1. The Labute approximate surface area is 117 Å². The summed E-state index contributed by atoms with van der Waals surface area (Å²) >= 11 is 0. The highest BCUT2D eigenvalue weighted by Gasteiger charge is 2.34. The van der Waals surface area contributed by atoms with Gasteiger partial charge in [-0.05, 0) is 57.7 Å². The molecule has 0 aromatic heterocycles. The zero-order chi connectivity index (χ0) is 14.5. The molecule has 2 N–H and O–H groups in total. The third kappa shape index (κ3) is 4.46. The Morgan fingerprint density at radius 2 is 2.16 bits per heavy atom. The van der Waals surface area contributed by atoms with E-state index in [0.29, 0.717) is 18.3 Å². The Balaban J connectivity index is 2.42. The smallest absolute Gasteiger partial charge is 0.323 e. The highest BCUT2D eigenvalue weighted by Crippen LogP contribution is 2.28. The fourth-order valence-corrected chi connectivity index (χ4v) is 3.18. The minimum absolute atomic E-state index is 0.413. The van der Waals surface area contributed by atoms with E-state index in [1.807, 2.05) is 6.92 Å². The number of hydrogen-bond donors (Lipinski definition) is 2. The number of aliphatic carboxylic acids is 1. The van der Waals surface area contributed by atoms with E-state index in [1.165, 1.54) is 12.8 Å². The van der Waals surface area contributed by atoms with Crippen LogP contribution >= 0.6 is 0 Å². The summed E-state index contributed by atoms with van der Waals surface area (Å²) in [4.78, 5) is 13.9. The topological polar surface area (TPSA) is 52.6 Å². The maximum Gasteiger partial charge on any atom is 0.323 e. The van der Waals surface area contributed by atoms with E-state index in [9.17, 15) is 9.90 Å². The second-order valence-electron chi connectivity index (χ2n) is 6.64. The number of hydrogen-bond acceptors (Lipinski definition) is 3. The number of carboxylic acids is 1. The summed E-state index contributed by atoms with van der Waals surface area (Å²) in [6.07, 6.45) is 4.83. The number of piperidine rings is 1. The molecule has 0 radical (unpaired) electrons. The molecule has 1 aliphatic rings. The molecule has 4 nitrogen and oxygen atoms in total. The highest BCUT2D eigenvalue weighted by atomic mass is 16.4. The molecule has 1 unspecified atom stereocenters. The molecule has 19 heavy (non-hydrogen) atoms. The average molecular weight is 270 g/mol. The molecule has 1 saturated heterocycles. The minimum Gasteiger partial charge on any atom is -0.480 e. The molecular formula is C15H30N2O2. The van der Waals surface area contributed by atoms with Crippen LogP contribution in [-0.4, -0.2) is 48.2 Å². The third-order valence-corrected chi connectivity index (χ3v) is 4.55. The van der Waals surface area contributed by atoms with Crippen LogP contribution in [-0.2, 0) is 4.79 Å². The van der Waals surface area contributed by atoms with Crippen molar-refractivity contribution in [2.24, 2.45) is 5.41 Å². The summed E-state index contributed by atoms with van der Waals surface area (Å²) < 4.78 is 0. The Kier molecular flexibility index (Phi) is 5.81. The Hall–Kier alpha value is -0.610. The second-order valence-corrected chi connectivity index (χ2v) is 6.64. The van der Waals surface area contributed by atoms with Crippen molar-refractivity contribution < 1.29 is 9.90 Å². The van der Waals surface area contributed by atoms with Crippen LogP contribution in [0.5, 0.6) is 0 Å². The zero-order valence-electron chi connectivity index (χ0n) is 13.0. The quantitative estimate of drug-likeness (QED) is 0.745. The lowest BCUT2D eigenvalue weighted by atomic mass is 9.84. The second kappa shape index (κ2) is 6.71. The van der Waals surface area contributed by atoms with Crippen LogP contribution in [0.4, 0.5) is 0 Å². The third-order valence-electron chi connectivity index (χ3n) is 4.55. The van der Waals surface area contributed by atoms with Crippen molar-refractivity contribution in [2.75, 3.05) is 26.7 Å². The maximum atomic E-state index is 11.4. The molecule has 1 rings (SSSR count). The van der Waals surface area contributed by atoms with Gasteiger partial charge in [0.1, 0.15) is 5.54 Å². The Morgan fingerprint density at radius 1 is 1.47 bits per heavy atom. The predicted molar refractivity (Wildman–Crippen MR) is 78.4 cm³/mol. The molecule has 0 aliphatic carbocycles. The average Bonchev–Trinajstić information content (AvgIpc) is 2.33. The standard InChI is InChI=1S/C15H30N2O2/c1-5-15(16-4,13(18)19)9-7-11-17-10-6-8-14(2,3)12-17/h16H,5-12H2,1-4H3,(H,18,19). The molecule has 0 aromatic carbocycles. The van der Waals surface area contributed by atoms with Crippen LogP contribution in [0.1, 0.15) is 52.9 Å². The van der Waals surface area contributed by atoms with E-state index in [-0.39, 0.29) is 0 Å². The summed E-state index contributed by atoms with van der Waals surface area (Å²) in [6.45, 7) is 9.89. The van der Waals surface area contributed by atoms with E-state index in [1.54, 1.807) is 7.05 Å². The van der Waals surface area contributed by atoms with Gasteiger partial charge in [0.15, 0.2) is 0 Å². The molecule has 1 fully saturated rings. The molecule has 1 atom stereocenters. The summed E-state index contributed by atoms with van der Waals surface area (Å²) in [5.74, 6) is -0.725. The number of likely N-dealkylation sites (tertiary alicyclic amines) is 1. The minimum atomic E-state index is -0.745. The summed E-state index contributed by atoms with van der Waals surface area (Å²) in [7, 11) is 1.75. The molecule has 0 spiro atoms. The van der Waals surface area contributed by atoms with E-state index in [2.05, 4.69) is 24.1 Å². The van der Waals surface area contributed by atoms with Crippen LogP contribution in [0.3, 0.4) is 0 Å². The largest absolute Gasteiger partial charge is 0.480 e. The van der Waals surface area contributed by atoms with E-state index >= 15 is 0 Å². The molecular weight excluding hydrogens is 240 g/mol. The summed E-state index contributed by atoms with van der Waals surface area (Å²) in [6, 6.07) is 0. The van der Waals surface area contributed by atoms with Gasteiger partial charge in [0, 0.05) is 6.54 Å². The molecule has 1 aliphatic heterocycles. The van der Waals surface area contributed by atoms with Gasteiger partial charge in [0.05, 0.1) is 0 Å². The van der Waals surface area contributed by atoms with E-state index in [0.717, 1.165) is 26.1 Å². The van der Waals surface area contributed by atoms with Gasteiger partial charge in [-0.15, -0.1) is 0 Å². The first kappa shape index (κ1) is 16.4. The lowest BCUT2D eigenvalue weighted by Gasteiger charge is -2.38. The van der Waals surface area contributed by atoms with Gasteiger partial charge in [-0.3, -0.25) is 4.79 Å². The van der Waals surface area contributed by atoms with Gasteiger partial charge < -0.3 is 15.3 Å². The van der Waals surface area contributed by atoms with Gasteiger partial charge >= 0.3 is 5.97 Å². The van der Waals surface area contributed by atoms with Gasteiger partial charge in [-0.25, -0.2) is 0 Å². The van der Waals surface area contributed by atoms with Crippen molar-refractivity contribution in [3.8, 4) is 0 Å². The SMILES string of the molecule is CCC(CCCN1CCCC(C)(C)C1)(NC)C(=O)O. The first-order chi connectivity index (χ1) is 8.85. The first-order valence-electron chi connectivity index (χ1n) is 7.50. The first-order valence-corrected chi connectivity index (χ1v) is 7.50. The van der Waals surface area contributed by atoms with E-state index < -0.39 is 11.5 Å². The van der Waals surface area contributed by atoms with Crippen LogP contribution in [0, 0.1) is 5.41 Å². The van der Waals surface area contributed by atoms with E-state index in [4.69, 9.17) is 0 Å². The number of nitrogens with one attached hydrogen (secondary N) is 1. The zero-order valence-corrected chi connectivity index (χ0v) is 13.0. The molecule has 0 bridgehead atoms. The molecule has 112 valence electrons. The lowest BCUT2D eigenvalue weighted by Crippen LogP contribution is -2.50. The lowest BCUT2D eigenvalue weighted by molar-refractivity contribution is -0.145. The van der Waals surface area contributed by atoms with Gasteiger partial charge in [-0.2, -0.15) is 0 Å². The van der Waals surface area contributed by atoms with Crippen LogP contribution < -0.4 is 5.32 Å². The Morgan fingerprint density at radius 3 is 2.63 bits per heavy atom. The van der Waals surface area contributed by atoms with Crippen LogP contribution in [0.25, 0.3) is 0 Å². The number of nitrogens with zero attached hydrogens (tertiary/aromatic N) is 1. The van der Waals surface area contributed by atoms with Gasteiger partial charge in [0.25, 0.3) is 0 Å². The number of carbonyl (C=O) groups is 1. The Bertz CT molecular complexity index is 299. The highest BCUT2D eigenvalue weighted by molar-refractivity contribution is 5.78. The van der Waals surface area contributed by atoms with Gasteiger partial charge in [0.2, 0.25) is 0 Å². The molecule has 0 aromatic rings. The monoisotopic (exact) mass is 270 g/mol.